The van der Waals surface area contributed by atoms with Crippen molar-refractivity contribution in [3.63, 3.8) is 0 Å². The van der Waals surface area contributed by atoms with Crippen LogP contribution in [0.15, 0.2) is 102 Å². The molecule has 7 heteroatoms. The number of amides is 1. The molecule has 7 nitrogen and oxygen atoms in total. The number of rotatable bonds is 13. The van der Waals surface area contributed by atoms with Crippen LogP contribution in [0.25, 0.3) is 0 Å². The number of ether oxygens (including phenoxy) is 2. The van der Waals surface area contributed by atoms with Crippen LogP contribution in [0.3, 0.4) is 0 Å². The van der Waals surface area contributed by atoms with Crippen molar-refractivity contribution in [2.24, 2.45) is 0 Å². The molecule has 1 unspecified atom stereocenters. The Labute approximate surface area is 247 Å². The van der Waals surface area contributed by atoms with Crippen molar-refractivity contribution in [2.45, 2.75) is 52.2 Å². The number of hydrogen-bond donors (Lipinski definition) is 0. The van der Waals surface area contributed by atoms with Gasteiger partial charge in [-0.05, 0) is 30.0 Å². The number of hydrogen-bond acceptors (Lipinski definition) is 5. The van der Waals surface area contributed by atoms with Gasteiger partial charge < -0.3 is 14.4 Å². The van der Waals surface area contributed by atoms with Gasteiger partial charge in [0.15, 0.2) is 11.4 Å². The van der Waals surface area contributed by atoms with Gasteiger partial charge >= 0.3 is 0 Å². The summed E-state index contributed by atoms with van der Waals surface area (Å²) >= 11 is 0. The SMILES string of the molecule is CCCCCN1CN(C(c2ccccc2)c2ccccc2OCCC)n2ccc(=O)c(OCc3ccccc3)c2C1=O. The fourth-order valence-electron chi connectivity index (χ4n) is 5.37. The summed E-state index contributed by atoms with van der Waals surface area (Å²) in [5.41, 5.74) is 2.88. The molecule has 0 saturated heterocycles. The number of carbonyl (C=O) groups excluding carboxylic acids is 1. The molecule has 218 valence electrons. The van der Waals surface area contributed by atoms with Gasteiger partial charge in [-0.2, -0.15) is 0 Å². The second kappa shape index (κ2) is 13.9. The lowest BCUT2D eigenvalue weighted by molar-refractivity contribution is 0.0673. The zero-order chi connectivity index (χ0) is 29.3. The Morgan fingerprint density at radius 2 is 1.50 bits per heavy atom. The quantitative estimate of drug-likeness (QED) is 0.172. The Hall–Kier alpha value is -4.52. The molecule has 4 aromatic rings. The van der Waals surface area contributed by atoms with E-state index < -0.39 is 0 Å². The summed E-state index contributed by atoms with van der Waals surface area (Å²) in [5, 5.41) is 2.14. The minimum Gasteiger partial charge on any atom is -0.493 e. The molecule has 0 spiro atoms. The molecule has 1 atom stereocenters. The highest BCUT2D eigenvalue weighted by Crippen LogP contribution is 2.37. The van der Waals surface area contributed by atoms with Gasteiger partial charge in [0.2, 0.25) is 5.43 Å². The molecule has 0 bridgehead atoms. The highest BCUT2D eigenvalue weighted by molar-refractivity contribution is 5.96. The molecule has 0 N–H and O–H groups in total. The Morgan fingerprint density at radius 1 is 0.786 bits per heavy atom. The zero-order valence-electron chi connectivity index (χ0n) is 24.4. The lowest BCUT2D eigenvalue weighted by atomic mass is 9.97. The Bertz CT molecular complexity index is 1520. The molecule has 0 saturated carbocycles. The van der Waals surface area contributed by atoms with Crippen LogP contribution >= 0.6 is 0 Å². The maximum Gasteiger partial charge on any atom is 0.277 e. The van der Waals surface area contributed by atoms with Crippen LogP contribution in [-0.4, -0.2) is 35.3 Å². The van der Waals surface area contributed by atoms with E-state index in [2.05, 4.69) is 37.1 Å². The van der Waals surface area contributed by atoms with Crippen LogP contribution in [0.4, 0.5) is 0 Å². The molecular weight excluding hydrogens is 526 g/mol. The van der Waals surface area contributed by atoms with Gasteiger partial charge in [-0.1, -0.05) is 106 Å². The van der Waals surface area contributed by atoms with Crippen molar-refractivity contribution in [1.82, 2.24) is 9.58 Å². The minimum atomic E-state index is -0.316. The first-order chi connectivity index (χ1) is 20.6. The summed E-state index contributed by atoms with van der Waals surface area (Å²) in [6.45, 7) is 5.95. The van der Waals surface area contributed by atoms with Crippen LogP contribution in [0, 0.1) is 0 Å². The fourth-order valence-corrected chi connectivity index (χ4v) is 5.37. The van der Waals surface area contributed by atoms with E-state index in [9.17, 15) is 9.59 Å². The van der Waals surface area contributed by atoms with Gasteiger partial charge in [0.25, 0.3) is 5.91 Å². The third-order valence-corrected chi connectivity index (χ3v) is 7.46. The zero-order valence-corrected chi connectivity index (χ0v) is 24.4. The second-order valence-electron chi connectivity index (χ2n) is 10.5. The molecule has 1 aliphatic heterocycles. The van der Waals surface area contributed by atoms with Crippen LogP contribution < -0.4 is 19.9 Å². The number of nitrogens with zero attached hydrogens (tertiary/aromatic N) is 3. The number of pyridine rings is 1. The van der Waals surface area contributed by atoms with Crippen molar-refractivity contribution < 1.29 is 14.3 Å². The van der Waals surface area contributed by atoms with E-state index in [1.54, 1.807) is 6.20 Å². The topological polar surface area (TPSA) is 64.0 Å². The van der Waals surface area contributed by atoms with Gasteiger partial charge in [0.1, 0.15) is 25.1 Å². The maximum atomic E-state index is 14.1. The standard InChI is InChI=1S/C35H39N3O4/c1-3-5-14-22-36-26-38(32(28-17-10-7-11-18-28)29-19-12-13-20-31(29)41-24-4-2)37-23-21-30(39)34(33(37)35(36)40)42-25-27-15-8-6-9-16-27/h6-13,15-21,23,32H,3-5,14,22,24-26H2,1-2H3. The van der Waals surface area contributed by atoms with Crippen molar-refractivity contribution in [3.05, 3.63) is 130 Å². The van der Waals surface area contributed by atoms with Crippen LogP contribution in [0.5, 0.6) is 11.5 Å². The number of benzene rings is 3. The van der Waals surface area contributed by atoms with Crippen molar-refractivity contribution in [3.8, 4) is 11.5 Å². The smallest absolute Gasteiger partial charge is 0.277 e. The van der Waals surface area contributed by atoms with E-state index in [1.807, 2.05) is 76.3 Å². The summed E-state index contributed by atoms with van der Waals surface area (Å²) in [7, 11) is 0. The first-order valence-electron chi connectivity index (χ1n) is 14.9. The number of aromatic nitrogens is 1. The molecule has 3 aromatic carbocycles. The predicted octanol–water partition coefficient (Wildman–Crippen LogP) is 6.55. The van der Waals surface area contributed by atoms with Crippen molar-refractivity contribution in [1.29, 1.82) is 0 Å². The lowest BCUT2D eigenvalue weighted by Gasteiger charge is -2.44. The number of fused-ring (bicyclic) bond motifs is 1. The number of unbranched alkanes of at least 4 members (excludes halogenated alkanes) is 2. The normalized spacial score (nSPS) is 13.5. The van der Waals surface area contributed by atoms with Gasteiger partial charge in [-0.3, -0.25) is 19.3 Å². The van der Waals surface area contributed by atoms with Gasteiger partial charge in [-0.25, -0.2) is 0 Å². The molecule has 0 fully saturated rings. The van der Waals surface area contributed by atoms with E-state index in [0.29, 0.717) is 19.8 Å². The molecule has 0 aliphatic carbocycles. The van der Waals surface area contributed by atoms with E-state index in [4.69, 9.17) is 9.47 Å². The molecule has 1 amide bonds. The minimum absolute atomic E-state index is 0.0684. The average Bonchev–Trinajstić information content (AvgIpc) is 3.03. The molecule has 1 aliphatic rings. The van der Waals surface area contributed by atoms with E-state index >= 15 is 0 Å². The van der Waals surface area contributed by atoms with Gasteiger partial charge in [-0.15, -0.1) is 0 Å². The van der Waals surface area contributed by atoms with E-state index in [0.717, 1.165) is 48.1 Å². The molecule has 1 aromatic heterocycles. The van der Waals surface area contributed by atoms with Crippen LogP contribution in [0.2, 0.25) is 0 Å². The lowest BCUT2D eigenvalue weighted by Crippen LogP contribution is -2.55. The molecule has 2 heterocycles. The molecular formula is C35H39N3O4. The van der Waals surface area contributed by atoms with E-state index in [1.165, 1.54) is 6.07 Å². The summed E-state index contributed by atoms with van der Waals surface area (Å²) in [4.78, 5) is 29.2. The second-order valence-corrected chi connectivity index (χ2v) is 10.5. The number of para-hydroxylation sites is 1. The Morgan fingerprint density at radius 3 is 2.24 bits per heavy atom. The van der Waals surface area contributed by atoms with Gasteiger partial charge in [0, 0.05) is 24.4 Å². The third kappa shape index (κ3) is 6.35. The summed E-state index contributed by atoms with van der Waals surface area (Å²) in [5.74, 6) is 0.662. The molecule has 5 rings (SSSR count). The summed E-state index contributed by atoms with van der Waals surface area (Å²) in [6, 6.07) is 29.1. The average molecular weight is 566 g/mol. The van der Waals surface area contributed by atoms with Crippen LogP contribution in [-0.2, 0) is 6.61 Å². The van der Waals surface area contributed by atoms with Crippen LogP contribution in [0.1, 0.15) is 72.8 Å². The summed E-state index contributed by atoms with van der Waals surface area (Å²) < 4.78 is 14.2. The monoisotopic (exact) mass is 565 g/mol. The fraction of sp³-hybridized carbons (Fsp3) is 0.314. The Balaban J connectivity index is 1.65. The van der Waals surface area contributed by atoms with Gasteiger partial charge in [0.05, 0.1) is 6.61 Å². The predicted molar refractivity (Wildman–Crippen MR) is 166 cm³/mol. The first-order valence-corrected chi connectivity index (χ1v) is 14.9. The molecule has 42 heavy (non-hydrogen) atoms. The first kappa shape index (κ1) is 29.0. The van der Waals surface area contributed by atoms with Crippen molar-refractivity contribution in [2.75, 3.05) is 24.8 Å². The number of carbonyl (C=O) groups is 1. The highest BCUT2D eigenvalue weighted by Gasteiger charge is 2.37. The largest absolute Gasteiger partial charge is 0.493 e. The summed E-state index contributed by atoms with van der Waals surface area (Å²) in [6.07, 6.45) is 5.51. The highest BCUT2D eigenvalue weighted by atomic mass is 16.5. The third-order valence-electron chi connectivity index (χ3n) is 7.46. The van der Waals surface area contributed by atoms with Crippen molar-refractivity contribution >= 4 is 5.91 Å². The molecule has 0 radical (unpaired) electrons. The maximum absolute atomic E-state index is 14.1. The van der Waals surface area contributed by atoms with E-state index in [-0.39, 0.29) is 35.4 Å². The Kier molecular flexibility index (Phi) is 9.59.